The predicted octanol–water partition coefficient (Wildman–Crippen LogP) is 3.70. The Hall–Kier alpha value is -1.10. The molecule has 1 aliphatic rings. The molecule has 0 spiro atoms. The number of nitrogens with zero attached hydrogens (tertiary/aromatic N) is 1. The molecule has 102 valence electrons. The van der Waals surface area contributed by atoms with Crippen LogP contribution in [0.5, 0.6) is 0 Å². The van der Waals surface area contributed by atoms with Gasteiger partial charge in [0.15, 0.2) is 0 Å². The summed E-state index contributed by atoms with van der Waals surface area (Å²) in [5.74, 6) is 0. The third kappa shape index (κ3) is 3.22. The highest BCUT2D eigenvalue weighted by Crippen LogP contribution is 2.34. The van der Waals surface area contributed by atoms with E-state index in [1.165, 1.54) is 12.5 Å². The second kappa shape index (κ2) is 5.69. The second-order valence-corrected chi connectivity index (χ2v) is 4.32. The van der Waals surface area contributed by atoms with Gasteiger partial charge in [-0.05, 0) is 37.5 Å². The minimum absolute atomic E-state index is 0. The Balaban J connectivity index is 0.00000162. The molecule has 2 rings (SSSR count). The summed E-state index contributed by atoms with van der Waals surface area (Å²) in [6.07, 6.45) is -1.01. The van der Waals surface area contributed by atoms with Gasteiger partial charge in [0, 0.05) is 13.1 Å². The fourth-order valence-electron chi connectivity index (χ4n) is 2.15. The summed E-state index contributed by atoms with van der Waals surface area (Å²) in [4.78, 5) is 2.05. The zero-order chi connectivity index (χ0) is 12.5. The lowest BCUT2D eigenvalue weighted by molar-refractivity contribution is -0.137. The first-order valence-electron chi connectivity index (χ1n) is 5.70. The molecule has 0 aromatic heterocycles. The van der Waals surface area contributed by atoms with Gasteiger partial charge < -0.3 is 10.6 Å². The molecule has 6 heteroatoms. The van der Waals surface area contributed by atoms with E-state index in [4.69, 9.17) is 5.73 Å². The minimum Gasteiger partial charge on any atom is -0.397 e. The summed E-state index contributed by atoms with van der Waals surface area (Å²) in [7, 11) is 0. The van der Waals surface area contributed by atoms with Crippen LogP contribution < -0.4 is 10.6 Å². The number of hydrogen-bond acceptors (Lipinski definition) is 2. The van der Waals surface area contributed by atoms with Crippen molar-refractivity contribution in [3.8, 4) is 0 Å². The van der Waals surface area contributed by atoms with Crippen molar-refractivity contribution < 1.29 is 13.2 Å². The maximum absolute atomic E-state index is 12.5. The number of piperidine rings is 1. The summed E-state index contributed by atoms with van der Waals surface area (Å²) in [5.41, 5.74) is 5.95. The summed E-state index contributed by atoms with van der Waals surface area (Å²) >= 11 is 0. The van der Waals surface area contributed by atoms with Crippen molar-refractivity contribution in [2.75, 3.05) is 23.7 Å². The molecule has 1 heterocycles. The Morgan fingerprint density at radius 3 is 2.17 bits per heavy atom. The van der Waals surface area contributed by atoms with Crippen LogP contribution in [0, 0.1) is 0 Å². The quantitative estimate of drug-likeness (QED) is 0.795. The molecule has 1 fully saturated rings. The van der Waals surface area contributed by atoms with Crippen LogP contribution in [0.25, 0.3) is 0 Å². The van der Waals surface area contributed by atoms with Gasteiger partial charge >= 0.3 is 6.18 Å². The smallest absolute Gasteiger partial charge is 0.397 e. The number of alkyl halides is 3. The first-order chi connectivity index (χ1) is 7.98. The van der Waals surface area contributed by atoms with Gasteiger partial charge in [0.2, 0.25) is 0 Å². The van der Waals surface area contributed by atoms with Crippen molar-refractivity contribution in [3.05, 3.63) is 23.8 Å². The normalized spacial score (nSPS) is 16.3. The van der Waals surface area contributed by atoms with Crippen LogP contribution in [0.2, 0.25) is 0 Å². The van der Waals surface area contributed by atoms with Crippen molar-refractivity contribution in [3.63, 3.8) is 0 Å². The molecule has 1 aliphatic heterocycles. The lowest BCUT2D eigenvalue weighted by Crippen LogP contribution is -2.30. The first-order valence-corrected chi connectivity index (χ1v) is 5.70. The monoisotopic (exact) mass is 280 g/mol. The van der Waals surface area contributed by atoms with E-state index >= 15 is 0 Å². The molecule has 18 heavy (non-hydrogen) atoms. The van der Waals surface area contributed by atoms with Crippen LogP contribution in [-0.4, -0.2) is 13.1 Å². The number of rotatable bonds is 1. The van der Waals surface area contributed by atoms with Gasteiger partial charge in [-0.1, -0.05) is 0 Å². The van der Waals surface area contributed by atoms with Crippen LogP contribution in [0.15, 0.2) is 18.2 Å². The largest absolute Gasteiger partial charge is 0.416 e. The van der Waals surface area contributed by atoms with Crippen molar-refractivity contribution in [2.24, 2.45) is 0 Å². The molecule has 0 aliphatic carbocycles. The molecule has 2 nitrogen and oxygen atoms in total. The standard InChI is InChI=1S/C12H15F3N2.ClH/c13-12(14,15)9-4-5-11(10(16)8-9)17-6-2-1-3-7-17;/h4-5,8H,1-3,6-7,16H2;1H. The van der Waals surface area contributed by atoms with E-state index in [2.05, 4.69) is 4.90 Å². The fourth-order valence-corrected chi connectivity index (χ4v) is 2.15. The summed E-state index contributed by atoms with van der Waals surface area (Å²) < 4.78 is 37.4. The van der Waals surface area contributed by atoms with Crippen LogP contribution >= 0.6 is 12.4 Å². The lowest BCUT2D eigenvalue weighted by Gasteiger charge is -2.30. The Bertz CT molecular complexity index is 401. The van der Waals surface area contributed by atoms with Crippen LogP contribution in [-0.2, 0) is 6.18 Å². The van der Waals surface area contributed by atoms with Gasteiger partial charge in [0.05, 0.1) is 16.9 Å². The Kier molecular flexibility index (Phi) is 4.73. The van der Waals surface area contributed by atoms with Crippen molar-refractivity contribution in [1.82, 2.24) is 0 Å². The zero-order valence-corrected chi connectivity index (χ0v) is 10.7. The molecular weight excluding hydrogens is 265 g/mol. The van der Waals surface area contributed by atoms with Gasteiger partial charge in [-0.25, -0.2) is 0 Å². The molecule has 1 aromatic carbocycles. The summed E-state index contributed by atoms with van der Waals surface area (Å²) in [5, 5.41) is 0. The Morgan fingerprint density at radius 2 is 1.67 bits per heavy atom. The van der Waals surface area contributed by atoms with E-state index in [-0.39, 0.29) is 18.1 Å². The Morgan fingerprint density at radius 1 is 1.06 bits per heavy atom. The summed E-state index contributed by atoms with van der Waals surface area (Å²) in [6, 6.07) is 3.59. The van der Waals surface area contributed by atoms with E-state index in [9.17, 15) is 13.2 Å². The molecule has 1 aromatic rings. The number of hydrogen-bond donors (Lipinski definition) is 1. The zero-order valence-electron chi connectivity index (χ0n) is 9.83. The van der Waals surface area contributed by atoms with Crippen molar-refractivity contribution >= 4 is 23.8 Å². The molecule has 0 bridgehead atoms. The van der Waals surface area contributed by atoms with E-state index in [1.807, 2.05) is 0 Å². The second-order valence-electron chi connectivity index (χ2n) is 4.32. The average Bonchev–Trinajstić information content (AvgIpc) is 2.29. The highest BCUT2D eigenvalue weighted by molar-refractivity contribution is 5.85. The maximum atomic E-state index is 12.5. The highest BCUT2D eigenvalue weighted by Gasteiger charge is 2.31. The molecule has 1 saturated heterocycles. The number of nitrogens with two attached hydrogens (primary N) is 1. The molecule has 0 saturated carbocycles. The minimum atomic E-state index is -4.32. The number of benzene rings is 1. The number of halogens is 4. The molecule has 0 atom stereocenters. The van der Waals surface area contributed by atoms with Gasteiger partial charge in [-0.2, -0.15) is 13.2 Å². The maximum Gasteiger partial charge on any atom is 0.416 e. The number of nitrogen functional groups attached to an aromatic ring is 1. The molecule has 0 radical (unpaired) electrons. The van der Waals surface area contributed by atoms with Crippen molar-refractivity contribution in [2.45, 2.75) is 25.4 Å². The summed E-state index contributed by atoms with van der Waals surface area (Å²) in [6.45, 7) is 1.74. The SMILES string of the molecule is Cl.Nc1cc(C(F)(F)F)ccc1N1CCCCC1. The third-order valence-corrected chi connectivity index (χ3v) is 3.05. The van der Waals surface area contributed by atoms with Crippen LogP contribution in [0.1, 0.15) is 24.8 Å². The van der Waals surface area contributed by atoms with E-state index in [0.717, 1.165) is 43.8 Å². The number of anilines is 2. The predicted molar refractivity (Wildman–Crippen MR) is 69.2 cm³/mol. The molecule has 0 unspecified atom stereocenters. The fraction of sp³-hybridized carbons (Fsp3) is 0.500. The van der Waals surface area contributed by atoms with Gasteiger partial charge in [-0.3, -0.25) is 0 Å². The first kappa shape index (κ1) is 15.0. The van der Waals surface area contributed by atoms with Gasteiger partial charge in [0.1, 0.15) is 0 Å². The topological polar surface area (TPSA) is 29.3 Å². The average molecular weight is 281 g/mol. The lowest BCUT2D eigenvalue weighted by atomic mass is 10.1. The van der Waals surface area contributed by atoms with E-state index in [0.29, 0.717) is 0 Å². The molecular formula is C12H16ClF3N2. The van der Waals surface area contributed by atoms with Crippen LogP contribution in [0.4, 0.5) is 24.5 Å². The molecule has 0 amide bonds. The van der Waals surface area contributed by atoms with Crippen molar-refractivity contribution in [1.29, 1.82) is 0 Å². The highest BCUT2D eigenvalue weighted by atomic mass is 35.5. The van der Waals surface area contributed by atoms with Gasteiger partial charge in [0.25, 0.3) is 0 Å². The Labute approximate surface area is 110 Å². The van der Waals surface area contributed by atoms with Gasteiger partial charge in [-0.15, -0.1) is 12.4 Å². The van der Waals surface area contributed by atoms with E-state index < -0.39 is 11.7 Å². The van der Waals surface area contributed by atoms with E-state index in [1.54, 1.807) is 0 Å². The van der Waals surface area contributed by atoms with Crippen LogP contribution in [0.3, 0.4) is 0 Å². The third-order valence-electron chi connectivity index (χ3n) is 3.05. The molecule has 2 N–H and O–H groups in total.